The Hall–Kier alpha value is -1.91. The Bertz CT molecular complexity index is 441. The van der Waals surface area contributed by atoms with Crippen molar-refractivity contribution in [1.82, 2.24) is 4.98 Å². The highest BCUT2D eigenvalue weighted by Gasteiger charge is 2.38. The van der Waals surface area contributed by atoms with Gasteiger partial charge in [0.15, 0.2) is 0 Å². The molecule has 5 nitrogen and oxygen atoms in total. The summed E-state index contributed by atoms with van der Waals surface area (Å²) in [4.78, 5) is 29.0. The van der Waals surface area contributed by atoms with Gasteiger partial charge in [-0.2, -0.15) is 0 Å². The number of nitrogens with zero attached hydrogens (tertiary/aromatic N) is 2. The number of rotatable bonds is 6. The third-order valence-electron chi connectivity index (χ3n) is 3.70. The van der Waals surface area contributed by atoms with Gasteiger partial charge < -0.3 is 10.0 Å². The first-order chi connectivity index (χ1) is 8.96. The van der Waals surface area contributed by atoms with Gasteiger partial charge in [0.05, 0.1) is 17.3 Å². The Morgan fingerprint density at radius 3 is 2.42 bits per heavy atom. The summed E-state index contributed by atoms with van der Waals surface area (Å²) in [6.07, 6.45) is 4.08. The maximum absolute atomic E-state index is 12.2. The van der Waals surface area contributed by atoms with E-state index in [4.69, 9.17) is 0 Å². The van der Waals surface area contributed by atoms with Crippen LogP contribution >= 0.6 is 0 Å². The summed E-state index contributed by atoms with van der Waals surface area (Å²) in [6, 6.07) is 3.51. The number of hydrogen-bond donors (Lipinski definition) is 1. The minimum absolute atomic E-state index is 0.000722. The van der Waals surface area contributed by atoms with Crippen LogP contribution in [0.4, 0.5) is 5.69 Å². The molecule has 0 saturated heterocycles. The number of amides is 1. The molecule has 104 valence electrons. The van der Waals surface area contributed by atoms with Crippen molar-refractivity contribution in [2.45, 2.75) is 33.1 Å². The van der Waals surface area contributed by atoms with Crippen LogP contribution in [0.1, 0.15) is 33.1 Å². The van der Waals surface area contributed by atoms with Gasteiger partial charge in [-0.3, -0.25) is 14.6 Å². The molecule has 0 radical (unpaired) electrons. The van der Waals surface area contributed by atoms with Crippen LogP contribution in [-0.4, -0.2) is 29.0 Å². The third kappa shape index (κ3) is 3.30. The zero-order chi connectivity index (χ0) is 14.5. The molecule has 0 bridgehead atoms. The van der Waals surface area contributed by atoms with E-state index in [-0.39, 0.29) is 12.3 Å². The first-order valence-corrected chi connectivity index (χ1v) is 6.37. The van der Waals surface area contributed by atoms with E-state index in [1.807, 2.05) is 0 Å². The van der Waals surface area contributed by atoms with Gasteiger partial charge in [0, 0.05) is 19.7 Å². The highest BCUT2D eigenvalue weighted by atomic mass is 16.4. The highest BCUT2D eigenvalue weighted by Crippen LogP contribution is 2.32. The number of hydrogen-bond acceptors (Lipinski definition) is 3. The molecule has 5 heteroatoms. The molecule has 1 aromatic rings. The lowest BCUT2D eigenvalue weighted by atomic mass is 9.79. The molecule has 1 rings (SSSR count). The molecule has 0 saturated carbocycles. The molecular formula is C14H20N2O3. The summed E-state index contributed by atoms with van der Waals surface area (Å²) in [5.74, 6) is -1.12. The molecule has 1 N–H and O–H groups in total. The summed E-state index contributed by atoms with van der Waals surface area (Å²) in [7, 11) is 1.64. The van der Waals surface area contributed by atoms with Crippen LogP contribution in [0.25, 0.3) is 0 Å². The molecule has 0 aliphatic carbocycles. The number of carbonyl (C=O) groups is 2. The van der Waals surface area contributed by atoms with Crippen LogP contribution in [0, 0.1) is 5.41 Å². The maximum Gasteiger partial charge on any atom is 0.310 e. The standard InChI is InChI=1S/C14H20N2O3/c1-4-14(5-2,13(18)19)9-12(17)16(3)11-7-6-8-15-10-11/h6-8,10H,4-5,9H2,1-3H3,(H,18,19). The van der Waals surface area contributed by atoms with Gasteiger partial charge in [-0.1, -0.05) is 13.8 Å². The largest absolute Gasteiger partial charge is 0.481 e. The first kappa shape index (κ1) is 15.1. The van der Waals surface area contributed by atoms with Crippen LogP contribution in [-0.2, 0) is 9.59 Å². The predicted octanol–water partition coefficient (Wildman–Crippen LogP) is 2.33. The number of carboxylic acids is 1. The van der Waals surface area contributed by atoms with Crippen molar-refractivity contribution in [2.24, 2.45) is 5.41 Å². The second kappa shape index (κ2) is 6.31. The summed E-state index contributed by atoms with van der Waals surface area (Å²) in [6.45, 7) is 3.60. The SMILES string of the molecule is CCC(CC)(CC(=O)N(C)c1cccnc1)C(=O)O. The molecular weight excluding hydrogens is 244 g/mol. The molecule has 0 fully saturated rings. The maximum atomic E-state index is 12.2. The summed E-state index contributed by atoms with van der Waals surface area (Å²) < 4.78 is 0. The predicted molar refractivity (Wildman–Crippen MR) is 72.9 cm³/mol. The quantitative estimate of drug-likeness (QED) is 0.856. The van der Waals surface area contributed by atoms with Gasteiger partial charge >= 0.3 is 5.97 Å². The average molecular weight is 264 g/mol. The number of anilines is 1. The molecule has 0 unspecified atom stereocenters. The Kier molecular flexibility index (Phi) is 5.03. The Morgan fingerprint density at radius 2 is 2.00 bits per heavy atom. The topological polar surface area (TPSA) is 70.5 Å². The molecule has 0 aromatic carbocycles. The molecule has 0 spiro atoms. The molecule has 1 amide bonds. The van der Waals surface area contributed by atoms with E-state index in [1.165, 1.54) is 4.90 Å². The average Bonchev–Trinajstić information content (AvgIpc) is 2.44. The number of aromatic nitrogens is 1. The summed E-state index contributed by atoms with van der Waals surface area (Å²) in [5, 5.41) is 9.34. The fraction of sp³-hybridized carbons (Fsp3) is 0.500. The number of aliphatic carboxylic acids is 1. The normalized spacial score (nSPS) is 11.1. The molecule has 0 aliphatic rings. The lowest BCUT2D eigenvalue weighted by Crippen LogP contribution is -2.37. The van der Waals surface area contributed by atoms with Crippen LogP contribution in [0.3, 0.4) is 0 Å². The number of carboxylic acid groups (broad SMARTS) is 1. The van der Waals surface area contributed by atoms with Gasteiger partial charge in [0.2, 0.25) is 5.91 Å². The summed E-state index contributed by atoms with van der Waals surface area (Å²) in [5.41, 5.74) is -0.313. The van der Waals surface area contributed by atoms with E-state index >= 15 is 0 Å². The third-order valence-corrected chi connectivity index (χ3v) is 3.70. The zero-order valence-electron chi connectivity index (χ0n) is 11.6. The molecule has 19 heavy (non-hydrogen) atoms. The van der Waals surface area contributed by atoms with Gasteiger partial charge in [-0.25, -0.2) is 0 Å². The monoisotopic (exact) mass is 264 g/mol. The highest BCUT2D eigenvalue weighted by molar-refractivity contribution is 5.95. The Balaban J connectivity index is 2.87. The lowest BCUT2D eigenvalue weighted by Gasteiger charge is -2.28. The smallest absolute Gasteiger partial charge is 0.310 e. The second-order valence-corrected chi connectivity index (χ2v) is 4.63. The van der Waals surface area contributed by atoms with E-state index in [0.29, 0.717) is 18.5 Å². The fourth-order valence-electron chi connectivity index (χ4n) is 1.98. The van der Waals surface area contributed by atoms with Crippen LogP contribution < -0.4 is 4.90 Å². The molecule has 1 heterocycles. The van der Waals surface area contributed by atoms with Crippen LogP contribution in [0.15, 0.2) is 24.5 Å². The van der Waals surface area contributed by atoms with E-state index in [9.17, 15) is 14.7 Å². The number of pyridine rings is 1. The van der Waals surface area contributed by atoms with Crippen molar-refractivity contribution in [2.75, 3.05) is 11.9 Å². The van der Waals surface area contributed by atoms with Crippen LogP contribution in [0.5, 0.6) is 0 Å². The van der Waals surface area contributed by atoms with Crippen molar-refractivity contribution in [1.29, 1.82) is 0 Å². The van der Waals surface area contributed by atoms with Crippen molar-refractivity contribution in [3.63, 3.8) is 0 Å². The second-order valence-electron chi connectivity index (χ2n) is 4.63. The van der Waals surface area contributed by atoms with E-state index in [0.717, 1.165) is 0 Å². The zero-order valence-corrected chi connectivity index (χ0v) is 11.6. The van der Waals surface area contributed by atoms with Gasteiger partial charge in [-0.15, -0.1) is 0 Å². The minimum Gasteiger partial charge on any atom is -0.481 e. The van der Waals surface area contributed by atoms with Gasteiger partial charge in [0.25, 0.3) is 0 Å². The minimum atomic E-state index is -0.979. The molecule has 0 aliphatic heterocycles. The fourth-order valence-corrected chi connectivity index (χ4v) is 1.98. The van der Waals surface area contributed by atoms with Crippen molar-refractivity contribution in [3.05, 3.63) is 24.5 Å². The summed E-state index contributed by atoms with van der Waals surface area (Å²) >= 11 is 0. The van der Waals surface area contributed by atoms with E-state index < -0.39 is 11.4 Å². The van der Waals surface area contributed by atoms with Crippen LogP contribution in [0.2, 0.25) is 0 Å². The molecule has 0 atom stereocenters. The van der Waals surface area contributed by atoms with Gasteiger partial charge in [-0.05, 0) is 25.0 Å². The van der Waals surface area contributed by atoms with Crippen molar-refractivity contribution in [3.8, 4) is 0 Å². The lowest BCUT2D eigenvalue weighted by molar-refractivity contribution is -0.152. The van der Waals surface area contributed by atoms with Crippen molar-refractivity contribution >= 4 is 17.6 Å². The van der Waals surface area contributed by atoms with E-state index in [2.05, 4.69) is 4.98 Å². The molecule has 1 aromatic heterocycles. The van der Waals surface area contributed by atoms with Crippen molar-refractivity contribution < 1.29 is 14.7 Å². The first-order valence-electron chi connectivity index (χ1n) is 6.37. The van der Waals surface area contributed by atoms with E-state index in [1.54, 1.807) is 45.4 Å². The Labute approximate surface area is 113 Å². The Morgan fingerprint density at radius 1 is 1.37 bits per heavy atom. The number of carbonyl (C=O) groups excluding carboxylic acids is 1. The van der Waals surface area contributed by atoms with Gasteiger partial charge in [0.1, 0.15) is 0 Å².